The van der Waals surface area contributed by atoms with E-state index in [2.05, 4.69) is 11.0 Å². The van der Waals surface area contributed by atoms with Crippen LogP contribution in [0.25, 0.3) is 0 Å². The van der Waals surface area contributed by atoms with E-state index in [0.29, 0.717) is 36.0 Å². The Hall–Kier alpha value is -3.22. The highest BCUT2D eigenvalue weighted by Gasteiger charge is 2.31. The molecule has 0 radical (unpaired) electrons. The van der Waals surface area contributed by atoms with Gasteiger partial charge < -0.3 is 19.8 Å². The average Bonchev–Trinajstić information content (AvgIpc) is 2.87. The number of ether oxygens (including phenoxy) is 1. The maximum Gasteiger partial charge on any atom is 0.126 e. The molecule has 1 aliphatic rings. The summed E-state index contributed by atoms with van der Waals surface area (Å²) in [6, 6.07) is 17.8. The van der Waals surface area contributed by atoms with Crippen molar-refractivity contribution in [1.82, 2.24) is 4.90 Å². The highest BCUT2D eigenvalue weighted by molar-refractivity contribution is 6.30. The molecule has 4 rings (SSSR count). The molecular weight excluding hydrogens is 488 g/mol. The minimum atomic E-state index is -1.06. The number of aliphatic hydroxyl groups is 2. The fraction of sp³-hybridized carbons (Fsp3) is 0.296. The smallest absolute Gasteiger partial charge is 0.126 e. The third-order valence-corrected chi connectivity index (χ3v) is 6.43. The Morgan fingerprint density at radius 2 is 1.78 bits per heavy atom. The van der Waals surface area contributed by atoms with E-state index in [1.807, 2.05) is 23.1 Å². The standard InChI is InChI=1S/C27H26ClF2N3O3/c28-21-3-1-18(2-4-21)26-16-32(17-27(35)19-11-22(29)14-23(30)12-19)7-8-33(26)25-6-5-24(36-10-9-34)13-20(25)15-31/h1-6,11-14,26-27,34-35H,7-10,16-17H2/t26-,27+/m0/s1. The number of hydrogen-bond donors (Lipinski definition) is 2. The topological polar surface area (TPSA) is 80.0 Å². The van der Waals surface area contributed by atoms with Gasteiger partial charge in [0.05, 0.1) is 30.0 Å². The van der Waals surface area contributed by atoms with Crippen molar-refractivity contribution in [1.29, 1.82) is 5.26 Å². The molecule has 0 saturated carbocycles. The van der Waals surface area contributed by atoms with Crippen molar-refractivity contribution in [3.63, 3.8) is 0 Å². The predicted octanol–water partition coefficient (Wildman–Crippen LogP) is 4.46. The van der Waals surface area contributed by atoms with E-state index >= 15 is 0 Å². The molecule has 188 valence electrons. The lowest BCUT2D eigenvalue weighted by Gasteiger charge is -2.44. The van der Waals surface area contributed by atoms with E-state index in [1.54, 1.807) is 24.3 Å². The predicted molar refractivity (Wildman–Crippen MR) is 133 cm³/mol. The quantitative estimate of drug-likeness (QED) is 0.463. The first-order valence-corrected chi connectivity index (χ1v) is 11.9. The fourth-order valence-corrected chi connectivity index (χ4v) is 4.62. The molecule has 3 aromatic carbocycles. The van der Waals surface area contributed by atoms with Crippen molar-refractivity contribution in [3.05, 3.63) is 94.0 Å². The zero-order valence-corrected chi connectivity index (χ0v) is 20.2. The highest BCUT2D eigenvalue weighted by Crippen LogP contribution is 2.35. The zero-order chi connectivity index (χ0) is 25.7. The number of aliphatic hydroxyl groups excluding tert-OH is 2. The Morgan fingerprint density at radius 3 is 2.44 bits per heavy atom. The number of halogens is 3. The summed E-state index contributed by atoms with van der Waals surface area (Å²) < 4.78 is 32.8. The Labute approximate surface area is 213 Å². The van der Waals surface area contributed by atoms with Crippen LogP contribution in [0.15, 0.2) is 60.7 Å². The van der Waals surface area contributed by atoms with E-state index in [-0.39, 0.29) is 31.4 Å². The molecule has 1 saturated heterocycles. The van der Waals surface area contributed by atoms with Crippen LogP contribution < -0.4 is 9.64 Å². The summed E-state index contributed by atoms with van der Waals surface area (Å²) in [6.07, 6.45) is -1.06. The molecule has 6 nitrogen and oxygen atoms in total. The number of anilines is 1. The van der Waals surface area contributed by atoms with Crippen molar-refractivity contribution < 1.29 is 23.7 Å². The van der Waals surface area contributed by atoms with Gasteiger partial charge in [-0.05, 0) is 53.6 Å². The number of nitrogens with zero attached hydrogens (tertiary/aromatic N) is 3. The second kappa shape index (κ2) is 11.7. The van der Waals surface area contributed by atoms with Gasteiger partial charge in [0, 0.05) is 37.3 Å². The summed E-state index contributed by atoms with van der Waals surface area (Å²) in [4.78, 5) is 4.16. The second-order valence-corrected chi connectivity index (χ2v) is 9.04. The first-order chi connectivity index (χ1) is 17.4. The summed E-state index contributed by atoms with van der Waals surface area (Å²) >= 11 is 6.11. The van der Waals surface area contributed by atoms with Crippen LogP contribution in [-0.4, -0.2) is 54.5 Å². The molecule has 0 aromatic heterocycles. The molecule has 0 spiro atoms. The van der Waals surface area contributed by atoms with E-state index in [9.17, 15) is 19.1 Å². The largest absolute Gasteiger partial charge is 0.491 e. The molecule has 1 fully saturated rings. The second-order valence-electron chi connectivity index (χ2n) is 8.60. The lowest BCUT2D eigenvalue weighted by molar-refractivity contribution is 0.1000. The number of piperazine rings is 1. The van der Waals surface area contributed by atoms with Crippen LogP contribution in [0.2, 0.25) is 5.02 Å². The number of benzene rings is 3. The van der Waals surface area contributed by atoms with E-state index in [1.165, 1.54) is 0 Å². The van der Waals surface area contributed by atoms with Crippen molar-refractivity contribution in [2.24, 2.45) is 0 Å². The lowest BCUT2D eigenvalue weighted by Crippen LogP contribution is -2.49. The summed E-state index contributed by atoms with van der Waals surface area (Å²) in [6.45, 7) is 1.81. The molecule has 9 heteroatoms. The van der Waals surface area contributed by atoms with Crippen molar-refractivity contribution in [2.75, 3.05) is 44.3 Å². The molecule has 2 N–H and O–H groups in total. The van der Waals surface area contributed by atoms with Crippen molar-refractivity contribution in [3.8, 4) is 11.8 Å². The van der Waals surface area contributed by atoms with Gasteiger partial charge in [-0.15, -0.1) is 0 Å². The number of nitriles is 1. The molecule has 0 bridgehead atoms. The van der Waals surface area contributed by atoms with Crippen LogP contribution in [0, 0.1) is 23.0 Å². The van der Waals surface area contributed by atoms with E-state index in [4.69, 9.17) is 21.4 Å². The molecule has 2 atom stereocenters. The average molecular weight is 514 g/mol. The lowest BCUT2D eigenvalue weighted by atomic mass is 9.99. The van der Waals surface area contributed by atoms with Gasteiger partial charge in [0.1, 0.15) is 30.1 Å². The molecule has 36 heavy (non-hydrogen) atoms. The number of β-amino-alcohol motifs (C(OH)–C–C–N with tert-alkyl or cyclic N) is 1. The number of rotatable bonds is 8. The fourth-order valence-electron chi connectivity index (χ4n) is 4.49. The van der Waals surface area contributed by atoms with Crippen LogP contribution >= 0.6 is 11.6 Å². The SMILES string of the molecule is N#Cc1cc(OCCO)ccc1N1CCN(C[C@@H](O)c2cc(F)cc(F)c2)C[C@H]1c1ccc(Cl)cc1. The van der Waals surface area contributed by atoms with Crippen LogP contribution in [0.5, 0.6) is 5.75 Å². The van der Waals surface area contributed by atoms with Crippen LogP contribution in [-0.2, 0) is 0 Å². The minimum Gasteiger partial charge on any atom is -0.491 e. The molecular formula is C27H26ClF2N3O3. The maximum absolute atomic E-state index is 13.7. The summed E-state index contributed by atoms with van der Waals surface area (Å²) in [5.74, 6) is -0.969. The molecule has 1 heterocycles. The van der Waals surface area contributed by atoms with Crippen LogP contribution in [0.4, 0.5) is 14.5 Å². The third-order valence-electron chi connectivity index (χ3n) is 6.18. The van der Waals surface area contributed by atoms with Gasteiger partial charge in [-0.3, -0.25) is 4.90 Å². The summed E-state index contributed by atoms with van der Waals surface area (Å²) in [5.41, 5.74) is 2.33. The Balaban J connectivity index is 1.60. The molecule has 1 aliphatic heterocycles. The molecule has 0 aliphatic carbocycles. The van der Waals surface area contributed by atoms with Gasteiger partial charge in [0.25, 0.3) is 0 Å². The summed E-state index contributed by atoms with van der Waals surface area (Å²) in [5, 5.41) is 30.1. The maximum atomic E-state index is 13.7. The third kappa shape index (κ3) is 6.12. The summed E-state index contributed by atoms with van der Waals surface area (Å²) in [7, 11) is 0. The van der Waals surface area contributed by atoms with Crippen molar-refractivity contribution in [2.45, 2.75) is 12.1 Å². The molecule has 3 aromatic rings. The van der Waals surface area contributed by atoms with Gasteiger partial charge in [-0.1, -0.05) is 23.7 Å². The minimum absolute atomic E-state index is 0.127. The van der Waals surface area contributed by atoms with Gasteiger partial charge >= 0.3 is 0 Å². The van der Waals surface area contributed by atoms with Crippen LogP contribution in [0.3, 0.4) is 0 Å². The first-order valence-electron chi connectivity index (χ1n) is 11.5. The van der Waals surface area contributed by atoms with E-state index < -0.39 is 17.7 Å². The monoisotopic (exact) mass is 513 g/mol. The normalized spacial score (nSPS) is 17.0. The molecule has 0 amide bonds. The first kappa shape index (κ1) is 25.9. The van der Waals surface area contributed by atoms with Crippen LogP contribution in [0.1, 0.15) is 28.8 Å². The molecule has 0 unspecified atom stereocenters. The van der Waals surface area contributed by atoms with Gasteiger partial charge in [0.2, 0.25) is 0 Å². The highest BCUT2D eigenvalue weighted by atomic mass is 35.5. The Kier molecular flexibility index (Phi) is 8.39. The van der Waals surface area contributed by atoms with Gasteiger partial charge in [0.15, 0.2) is 0 Å². The van der Waals surface area contributed by atoms with Crippen molar-refractivity contribution >= 4 is 17.3 Å². The van der Waals surface area contributed by atoms with Gasteiger partial charge in [-0.25, -0.2) is 8.78 Å². The Morgan fingerprint density at radius 1 is 1.06 bits per heavy atom. The zero-order valence-electron chi connectivity index (χ0n) is 19.4. The number of hydrogen-bond acceptors (Lipinski definition) is 6. The Bertz CT molecular complexity index is 1220. The van der Waals surface area contributed by atoms with Gasteiger partial charge in [-0.2, -0.15) is 5.26 Å². The van der Waals surface area contributed by atoms with E-state index in [0.717, 1.165) is 29.4 Å².